The Hall–Kier alpha value is -1.68. The highest BCUT2D eigenvalue weighted by molar-refractivity contribution is 9.10. The van der Waals surface area contributed by atoms with E-state index in [0.29, 0.717) is 6.04 Å². The number of nitrogens with zero attached hydrogens (tertiary/aromatic N) is 3. The van der Waals surface area contributed by atoms with Gasteiger partial charge >= 0.3 is 0 Å². The predicted octanol–water partition coefficient (Wildman–Crippen LogP) is 3.73. The van der Waals surface area contributed by atoms with Crippen LogP contribution < -0.4 is 0 Å². The summed E-state index contributed by atoms with van der Waals surface area (Å²) in [5.74, 6) is 1.17. The van der Waals surface area contributed by atoms with Gasteiger partial charge in [0.05, 0.1) is 17.8 Å². The summed E-state index contributed by atoms with van der Waals surface area (Å²) in [5, 5.41) is 0. The van der Waals surface area contributed by atoms with E-state index >= 15 is 0 Å². The fourth-order valence-electron chi connectivity index (χ4n) is 2.93. The Kier molecular flexibility index (Phi) is 2.45. The van der Waals surface area contributed by atoms with Gasteiger partial charge in [0.1, 0.15) is 15.9 Å². The maximum absolute atomic E-state index is 4.69. The molecule has 3 heterocycles. The number of imidazole rings is 1. The maximum atomic E-state index is 4.69. The van der Waals surface area contributed by atoms with Crippen LogP contribution in [0.2, 0.25) is 0 Å². The molecule has 0 saturated heterocycles. The molecule has 0 bridgehead atoms. The molecular weight excluding hydrogens is 302 g/mol. The zero-order valence-electron chi connectivity index (χ0n) is 10.3. The molecule has 1 aliphatic heterocycles. The SMILES string of the molecule is Brc1cc2c(cn1)nc1n2C(c2ccccc2)CC1. The molecule has 4 rings (SSSR count). The van der Waals surface area contributed by atoms with Crippen LogP contribution in [-0.4, -0.2) is 14.5 Å². The second kappa shape index (κ2) is 4.17. The number of pyridine rings is 1. The van der Waals surface area contributed by atoms with Crippen LogP contribution in [0.15, 0.2) is 47.2 Å². The standard InChI is InChI=1S/C15H12BrN3/c16-14-8-13-11(9-17-14)18-15-7-6-12(19(13)15)10-4-2-1-3-5-10/h1-5,8-9,12H,6-7H2. The molecule has 2 aromatic heterocycles. The summed E-state index contributed by atoms with van der Waals surface area (Å²) < 4.78 is 3.22. The van der Waals surface area contributed by atoms with E-state index in [2.05, 4.69) is 66.9 Å². The van der Waals surface area contributed by atoms with E-state index in [1.807, 2.05) is 6.20 Å². The van der Waals surface area contributed by atoms with Crippen molar-refractivity contribution in [1.29, 1.82) is 0 Å². The molecule has 1 unspecified atom stereocenters. The molecule has 0 fully saturated rings. The molecule has 1 atom stereocenters. The van der Waals surface area contributed by atoms with Gasteiger partial charge in [-0.05, 0) is 34.0 Å². The molecule has 3 aromatic rings. The molecule has 0 amide bonds. The Morgan fingerprint density at radius 2 is 2.05 bits per heavy atom. The van der Waals surface area contributed by atoms with Gasteiger partial charge in [-0.1, -0.05) is 30.3 Å². The smallest absolute Gasteiger partial charge is 0.110 e. The largest absolute Gasteiger partial charge is 0.320 e. The molecule has 0 spiro atoms. The second-order valence-electron chi connectivity index (χ2n) is 4.86. The average Bonchev–Trinajstić information content (AvgIpc) is 2.99. The monoisotopic (exact) mass is 313 g/mol. The van der Waals surface area contributed by atoms with Crippen molar-refractivity contribution < 1.29 is 0 Å². The molecule has 0 N–H and O–H groups in total. The van der Waals surface area contributed by atoms with Crippen LogP contribution in [0.25, 0.3) is 11.0 Å². The van der Waals surface area contributed by atoms with Crippen molar-refractivity contribution in [1.82, 2.24) is 14.5 Å². The highest BCUT2D eigenvalue weighted by atomic mass is 79.9. The molecule has 19 heavy (non-hydrogen) atoms. The summed E-state index contributed by atoms with van der Waals surface area (Å²) >= 11 is 3.45. The Labute approximate surface area is 119 Å². The molecule has 1 aromatic carbocycles. The number of halogens is 1. The normalized spacial score (nSPS) is 17.8. The number of hydrogen-bond acceptors (Lipinski definition) is 2. The summed E-state index contributed by atoms with van der Waals surface area (Å²) in [6, 6.07) is 13.1. The van der Waals surface area contributed by atoms with Gasteiger partial charge < -0.3 is 4.57 Å². The van der Waals surface area contributed by atoms with E-state index in [1.54, 1.807) is 0 Å². The first kappa shape index (κ1) is 11.2. The van der Waals surface area contributed by atoms with Crippen LogP contribution in [0.1, 0.15) is 23.9 Å². The Bertz CT molecular complexity index is 749. The number of rotatable bonds is 1. The number of benzene rings is 1. The van der Waals surface area contributed by atoms with E-state index in [-0.39, 0.29) is 0 Å². The summed E-state index contributed by atoms with van der Waals surface area (Å²) in [7, 11) is 0. The first-order chi connectivity index (χ1) is 9.33. The minimum Gasteiger partial charge on any atom is -0.320 e. The van der Waals surface area contributed by atoms with Gasteiger partial charge in [0.15, 0.2) is 0 Å². The average molecular weight is 314 g/mol. The van der Waals surface area contributed by atoms with Gasteiger partial charge in [-0.15, -0.1) is 0 Å². The quantitative estimate of drug-likeness (QED) is 0.641. The van der Waals surface area contributed by atoms with Crippen LogP contribution >= 0.6 is 15.9 Å². The van der Waals surface area contributed by atoms with E-state index in [4.69, 9.17) is 0 Å². The Morgan fingerprint density at radius 3 is 2.89 bits per heavy atom. The second-order valence-corrected chi connectivity index (χ2v) is 5.67. The zero-order chi connectivity index (χ0) is 12.8. The molecule has 4 heteroatoms. The van der Waals surface area contributed by atoms with Crippen molar-refractivity contribution in [2.45, 2.75) is 18.9 Å². The fourth-order valence-corrected chi connectivity index (χ4v) is 3.25. The van der Waals surface area contributed by atoms with Crippen LogP contribution in [-0.2, 0) is 6.42 Å². The lowest BCUT2D eigenvalue weighted by Gasteiger charge is -2.14. The van der Waals surface area contributed by atoms with Crippen molar-refractivity contribution in [3.63, 3.8) is 0 Å². The van der Waals surface area contributed by atoms with Gasteiger partial charge in [0.25, 0.3) is 0 Å². The summed E-state index contributed by atoms with van der Waals surface area (Å²) in [6.07, 6.45) is 4.00. The lowest BCUT2D eigenvalue weighted by Crippen LogP contribution is -2.05. The van der Waals surface area contributed by atoms with Gasteiger partial charge in [-0.3, -0.25) is 0 Å². The zero-order valence-corrected chi connectivity index (χ0v) is 11.8. The van der Waals surface area contributed by atoms with E-state index < -0.39 is 0 Å². The van der Waals surface area contributed by atoms with Crippen molar-refractivity contribution in [3.05, 3.63) is 58.6 Å². The molecule has 1 aliphatic rings. The number of aryl methyl sites for hydroxylation is 1. The highest BCUT2D eigenvalue weighted by Crippen LogP contribution is 2.35. The first-order valence-corrected chi connectivity index (χ1v) is 7.19. The van der Waals surface area contributed by atoms with Crippen molar-refractivity contribution in [2.24, 2.45) is 0 Å². The van der Waals surface area contributed by atoms with Gasteiger partial charge in [0.2, 0.25) is 0 Å². The number of aromatic nitrogens is 3. The molecule has 0 saturated carbocycles. The fraction of sp³-hybridized carbons (Fsp3) is 0.200. The van der Waals surface area contributed by atoms with E-state index in [0.717, 1.165) is 23.0 Å². The molecular formula is C15H12BrN3. The van der Waals surface area contributed by atoms with Crippen molar-refractivity contribution in [2.75, 3.05) is 0 Å². The van der Waals surface area contributed by atoms with Gasteiger partial charge in [0, 0.05) is 6.42 Å². The Balaban J connectivity index is 1.94. The van der Waals surface area contributed by atoms with Crippen LogP contribution in [0.5, 0.6) is 0 Å². The molecule has 3 nitrogen and oxygen atoms in total. The van der Waals surface area contributed by atoms with Gasteiger partial charge in [-0.2, -0.15) is 0 Å². The lowest BCUT2D eigenvalue weighted by molar-refractivity contribution is 0.637. The van der Waals surface area contributed by atoms with Crippen LogP contribution in [0, 0.1) is 0 Å². The molecule has 94 valence electrons. The first-order valence-electron chi connectivity index (χ1n) is 6.40. The lowest BCUT2D eigenvalue weighted by atomic mass is 10.0. The van der Waals surface area contributed by atoms with E-state index in [9.17, 15) is 0 Å². The van der Waals surface area contributed by atoms with Crippen molar-refractivity contribution >= 4 is 27.0 Å². The predicted molar refractivity (Wildman–Crippen MR) is 78.1 cm³/mol. The maximum Gasteiger partial charge on any atom is 0.110 e. The van der Waals surface area contributed by atoms with Gasteiger partial charge in [-0.25, -0.2) is 9.97 Å². The highest BCUT2D eigenvalue weighted by Gasteiger charge is 2.26. The third-order valence-corrected chi connectivity index (χ3v) is 4.19. The Morgan fingerprint density at radius 1 is 1.21 bits per heavy atom. The number of fused-ring (bicyclic) bond motifs is 3. The summed E-state index contributed by atoms with van der Waals surface area (Å²) in [6.45, 7) is 0. The van der Waals surface area contributed by atoms with E-state index in [1.165, 1.54) is 16.9 Å². The minimum absolute atomic E-state index is 0.399. The van der Waals surface area contributed by atoms with Crippen LogP contribution in [0.4, 0.5) is 0 Å². The number of hydrogen-bond donors (Lipinski definition) is 0. The third-order valence-electron chi connectivity index (χ3n) is 3.75. The molecule has 0 radical (unpaired) electrons. The summed E-state index contributed by atoms with van der Waals surface area (Å²) in [5.41, 5.74) is 3.51. The van der Waals surface area contributed by atoms with Crippen LogP contribution in [0.3, 0.4) is 0 Å². The summed E-state index contributed by atoms with van der Waals surface area (Å²) in [4.78, 5) is 8.95. The third kappa shape index (κ3) is 1.70. The van der Waals surface area contributed by atoms with Crippen molar-refractivity contribution in [3.8, 4) is 0 Å². The molecule has 0 aliphatic carbocycles. The minimum atomic E-state index is 0.399. The topological polar surface area (TPSA) is 30.7 Å².